The van der Waals surface area contributed by atoms with Crippen molar-refractivity contribution in [1.82, 2.24) is 3.94 Å². The summed E-state index contributed by atoms with van der Waals surface area (Å²) < 4.78 is 1.27. The first kappa shape index (κ1) is 16.7. The third-order valence-electron chi connectivity index (χ3n) is 1.85. The maximum atomic E-state index is 5.71. The Bertz CT molecular complexity index is 143. The summed E-state index contributed by atoms with van der Waals surface area (Å²) in [7, 11) is -0.696. The Morgan fingerprint density at radius 1 is 1.15 bits per heavy atom. The van der Waals surface area contributed by atoms with Gasteiger partial charge in [-0.2, -0.15) is 0 Å². The maximum absolute atomic E-state index is 5.71. The average molecular weight is 267 g/mol. The molecule has 0 aromatic heterocycles. The van der Waals surface area contributed by atoms with Gasteiger partial charge < -0.3 is 12.4 Å². The normalized spacial score (nSPS) is 12.9. The predicted molar refractivity (Wildman–Crippen MR) is 61.8 cm³/mol. The van der Waals surface area contributed by atoms with Crippen molar-refractivity contribution in [3.8, 4) is 0 Å². The molecule has 0 aromatic carbocycles. The fourth-order valence-electron chi connectivity index (χ4n) is 0.694. The Morgan fingerprint density at radius 3 is 1.77 bits per heavy atom. The molecule has 82 valence electrons. The van der Waals surface area contributed by atoms with Crippen LogP contribution >= 0.6 is 30.8 Å². The molecular weight excluding hydrogens is 247 g/mol. The lowest BCUT2D eigenvalue weighted by Gasteiger charge is -2.28. The Morgan fingerprint density at radius 2 is 1.54 bits per heavy atom. The molecule has 0 heterocycles. The van der Waals surface area contributed by atoms with E-state index in [0.717, 1.165) is 6.42 Å². The molecule has 0 aliphatic rings. The van der Waals surface area contributed by atoms with E-state index in [0.29, 0.717) is 0 Å². The first-order valence-corrected chi connectivity index (χ1v) is 8.06. The fraction of sp³-hybridized carbons (Fsp3) is 1.00. The lowest BCUT2D eigenvalue weighted by Crippen LogP contribution is -3.00. The molecular formula is C8H19Cl3NP. The molecule has 0 saturated carbocycles. The van der Waals surface area contributed by atoms with E-state index < -0.39 is 7.26 Å². The summed E-state index contributed by atoms with van der Waals surface area (Å²) in [4.78, 5) is 0. The standard InChI is InChI=1S/C8H19Cl2NP.ClH/c1-8(2,11(9)10)6-7-12(3,4)5;/h6-7H2,1-5H3;1H/q+1;/p-1. The van der Waals surface area contributed by atoms with Crippen LogP contribution in [-0.4, -0.2) is 35.6 Å². The fourth-order valence-corrected chi connectivity index (χ4v) is 2.08. The lowest BCUT2D eigenvalue weighted by molar-refractivity contribution is -0.00000343. The van der Waals surface area contributed by atoms with Crippen molar-refractivity contribution in [1.29, 1.82) is 0 Å². The number of rotatable bonds is 4. The van der Waals surface area contributed by atoms with Gasteiger partial charge in [0.05, 0.1) is 11.7 Å². The summed E-state index contributed by atoms with van der Waals surface area (Å²) in [5.74, 6) is 0. The molecule has 0 aliphatic carbocycles. The minimum atomic E-state index is -0.696. The van der Waals surface area contributed by atoms with Gasteiger partial charge in [0.1, 0.15) is 0 Å². The summed E-state index contributed by atoms with van der Waals surface area (Å²) in [5.41, 5.74) is -0.101. The minimum Gasteiger partial charge on any atom is -1.00 e. The molecule has 0 aliphatic heterocycles. The SMILES string of the molecule is CC(C)(CC[P+](C)(C)C)N(Cl)Cl.[Cl-]. The van der Waals surface area contributed by atoms with E-state index in [9.17, 15) is 0 Å². The molecule has 0 N–H and O–H groups in total. The van der Waals surface area contributed by atoms with Gasteiger partial charge >= 0.3 is 0 Å². The zero-order valence-electron chi connectivity index (χ0n) is 8.94. The van der Waals surface area contributed by atoms with Gasteiger partial charge in [0, 0.05) is 33.7 Å². The second-order valence-electron chi connectivity index (χ2n) is 4.81. The summed E-state index contributed by atoms with van der Waals surface area (Å²) in [5, 5.41) is 0. The largest absolute Gasteiger partial charge is 1.00 e. The van der Waals surface area contributed by atoms with Crippen LogP contribution in [-0.2, 0) is 0 Å². The highest BCUT2D eigenvalue weighted by atomic mass is 35.5. The smallest absolute Gasteiger partial charge is 0.0604 e. The molecule has 0 spiro atoms. The van der Waals surface area contributed by atoms with E-state index in [1.807, 2.05) is 0 Å². The number of nitrogens with zero attached hydrogens (tertiary/aromatic N) is 1. The molecule has 13 heavy (non-hydrogen) atoms. The molecule has 0 aromatic rings. The van der Waals surface area contributed by atoms with Crippen molar-refractivity contribution < 1.29 is 12.4 Å². The first-order chi connectivity index (χ1) is 5.15. The maximum Gasteiger partial charge on any atom is 0.0604 e. The van der Waals surface area contributed by atoms with Gasteiger partial charge in [0.25, 0.3) is 0 Å². The molecule has 0 atom stereocenters. The van der Waals surface area contributed by atoms with Crippen LogP contribution in [0.15, 0.2) is 0 Å². The number of halogens is 3. The third kappa shape index (κ3) is 8.27. The molecule has 0 amide bonds. The van der Waals surface area contributed by atoms with Crippen LogP contribution in [0.1, 0.15) is 20.3 Å². The minimum absolute atomic E-state index is 0. The zero-order valence-corrected chi connectivity index (χ0v) is 12.1. The van der Waals surface area contributed by atoms with Crippen LogP contribution in [0.3, 0.4) is 0 Å². The van der Waals surface area contributed by atoms with Crippen LogP contribution in [0.4, 0.5) is 0 Å². The van der Waals surface area contributed by atoms with Gasteiger partial charge in [-0.05, 0) is 37.4 Å². The lowest BCUT2D eigenvalue weighted by atomic mass is 10.0. The van der Waals surface area contributed by atoms with Crippen LogP contribution in [0, 0.1) is 0 Å². The van der Waals surface area contributed by atoms with Crippen molar-refractivity contribution in [2.45, 2.75) is 25.8 Å². The second-order valence-corrected chi connectivity index (χ2v) is 10.7. The van der Waals surface area contributed by atoms with Gasteiger partial charge in [-0.25, -0.2) is 0 Å². The quantitative estimate of drug-likeness (QED) is 0.534. The van der Waals surface area contributed by atoms with Gasteiger partial charge in [-0.1, -0.05) is 0 Å². The highest BCUT2D eigenvalue weighted by Crippen LogP contribution is 2.48. The molecule has 0 rings (SSSR count). The van der Waals surface area contributed by atoms with Gasteiger partial charge in [-0.15, -0.1) is 3.94 Å². The highest BCUT2D eigenvalue weighted by Gasteiger charge is 2.29. The Kier molecular flexibility index (Phi) is 7.67. The number of hydrogen-bond donors (Lipinski definition) is 0. The van der Waals surface area contributed by atoms with Crippen molar-refractivity contribution in [3.63, 3.8) is 0 Å². The van der Waals surface area contributed by atoms with Crippen molar-refractivity contribution in [3.05, 3.63) is 0 Å². The molecule has 1 nitrogen and oxygen atoms in total. The third-order valence-corrected chi connectivity index (χ3v) is 4.33. The summed E-state index contributed by atoms with van der Waals surface area (Å²) >= 11 is 11.4. The van der Waals surface area contributed by atoms with Crippen LogP contribution in [0.25, 0.3) is 0 Å². The molecule has 0 bridgehead atoms. The topological polar surface area (TPSA) is 3.24 Å². The summed E-state index contributed by atoms with van der Waals surface area (Å²) in [6, 6.07) is 0. The van der Waals surface area contributed by atoms with E-state index in [1.165, 1.54) is 10.1 Å². The average Bonchev–Trinajstić information content (AvgIpc) is 1.82. The van der Waals surface area contributed by atoms with Gasteiger partial charge in [-0.3, -0.25) is 0 Å². The first-order valence-electron chi connectivity index (χ1n) is 4.07. The summed E-state index contributed by atoms with van der Waals surface area (Å²) in [6.07, 6.45) is 2.28. The summed E-state index contributed by atoms with van der Waals surface area (Å²) in [6.45, 7) is 11.1. The Hall–Kier alpha value is 1.26. The molecule has 0 radical (unpaired) electrons. The van der Waals surface area contributed by atoms with Crippen molar-refractivity contribution in [2.75, 3.05) is 26.2 Å². The van der Waals surface area contributed by atoms with Crippen molar-refractivity contribution >= 4 is 30.8 Å². The van der Waals surface area contributed by atoms with E-state index in [4.69, 9.17) is 23.6 Å². The van der Waals surface area contributed by atoms with E-state index >= 15 is 0 Å². The van der Waals surface area contributed by atoms with Crippen LogP contribution in [0.5, 0.6) is 0 Å². The van der Waals surface area contributed by atoms with E-state index in [-0.39, 0.29) is 17.9 Å². The highest BCUT2D eigenvalue weighted by molar-refractivity contribution is 7.73. The van der Waals surface area contributed by atoms with Crippen LogP contribution < -0.4 is 12.4 Å². The molecule has 0 fully saturated rings. The molecule has 0 saturated heterocycles. The molecule has 5 heteroatoms. The van der Waals surface area contributed by atoms with Crippen LogP contribution in [0.2, 0.25) is 0 Å². The monoisotopic (exact) mass is 265 g/mol. The Labute approximate surface area is 99.1 Å². The van der Waals surface area contributed by atoms with E-state index in [1.54, 1.807) is 0 Å². The number of hydrogen-bond acceptors (Lipinski definition) is 1. The predicted octanol–water partition coefficient (Wildman–Crippen LogP) is 0.676. The Balaban J connectivity index is 0. The van der Waals surface area contributed by atoms with Crippen molar-refractivity contribution in [2.24, 2.45) is 0 Å². The van der Waals surface area contributed by atoms with Gasteiger partial charge in [0.15, 0.2) is 0 Å². The zero-order chi connectivity index (χ0) is 9.99. The van der Waals surface area contributed by atoms with E-state index in [2.05, 4.69) is 33.8 Å². The van der Waals surface area contributed by atoms with Gasteiger partial charge in [0.2, 0.25) is 0 Å². The second kappa shape index (κ2) is 5.98. The molecule has 0 unspecified atom stereocenters.